The van der Waals surface area contributed by atoms with E-state index in [0.717, 1.165) is 0 Å². The Kier molecular flexibility index (Phi) is 4.97. The minimum atomic E-state index is -0.338. The van der Waals surface area contributed by atoms with Gasteiger partial charge in [-0.1, -0.05) is 152 Å². The minimum Gasteiger partial charge on any atom is -0.309 e. The molecule has 0 N–H and O–H groups in total. The Balaban J connectivity index is 1.21. The molecule has 0 aliphatic heterocycles. The maximum atomic E-state index is 2.53. The van der Waals surface area contributed by atoms with Gasteiger partial charge in [0.15, 0.2) is 0 Å². The van der Waals surface area contributed by atoms with Gasteiger partial charge in [0.1, 0.15) is 0 Å². The van der Waals surface area contributed by atoms with Crippen molar-refractivity contribution in [2.75, 3.05) is 4.90 Å². The van der Waals surface area contributed by atoms with E-state index in [4.69, 9.17) is 0 Å². The molecule has 0 saturated carbocycles. The van der Waals surface area contributed by atoms with Crippen LogP contribution in [0.5, 0.6) is 0 Å². The van der Waals surface area contributed by atoms with Gasteiger partial charge >= 0.3 is 0 Å². The molecular formula is C49H29N. The van der Waals surface area contributed by atoms with Crippen LogP contribution in [-0.2, 0) is 5.41 Å². The zero-order valence-corrected chi connectivity index (χ0v) is 27.2. The van der Waals surface area contributed by atoms with Crippen LogP contribution in [-0.4, -0.2) is 0 Å². The second-order valence-corrected chi connectivity index (χ2v) is 14.0. The molecule has 0 radical (unpaired) electrons. The SMILES string of the molecule is c1ccc2c(c1)-c1cccc3c1C21c2cc(N(c4cccc5ccccc45)c4cc5ccccc5c5ccccc45)ccc2-c2cccc-3c21. The minimum absolute atomic E-state index is 0.338. The van der Waals surface area contributed by atoms with Crippen molar-refractivity contribution < 1.29 is 0 Å². The Morgan fingerprint density at radius 2 is 0.860 bits per heavy atom. The normalized spacial score (nSPS) is 15.7. The van der Waals surface area contributed by atoms with Gasteiger partial charge in [0.05, 0.1) is 16.8 Å². The zero-order valence-electron chi connectivity index (χ0n) is 27.2. The van der Waals surface area contributed by atoms with Crippen LogP contribution in [0, 0.1) is 0 Å². The summed E-state index contributed by atoms with van der Waals surface area (Å²) in [5.74, 6) is 0. The molecule has 1 unspecified atom stereocenters. The lowest BCUT2D eigenvalue weighted by atomic mass is 9.73. The van der Waals surface area contributed by atoms with Crippen molar-refractivity contribution in [3.63, 3.8) is 0 Å². The van der Waals surface area contributed by atoms with Gasteiger partial charge in [-0.15, -0.1) is 0 Å². The Morgan fingerprint density at radius 1 is 0.320 bits per heavy atom. The molecule has 1 spiro atoms. The Hall–Kier alpha value is -6.44. The molecule has 0 aromatic heterocycles. The highest BCUT2D eigenvalue weighted by Gasteiger charge is 2.57. The number of benzene rings is 9. The smallest absolute Gasteiger partial charge is 0.0738 e. The first-order valence-electron chi connectivity index (χ1n) is 17.5. The van der Waals surface area contributed by atoms with Gasteiger partial charge in [0, 0.05) is 16.5 Å². The maximum Gasteiger partial charge on any atom is 0.0738 e. The summed E-state index contributed by atoms with van der Waals surface area (Å²) < 4.78 is 0. The van der Waals surface area contributed by atoms with Crippen molar-refractivity contribution in [3.8, 4) is 33.4 Å². The van der Waals surface area contributed by atoms with Crippen LogP contribution in [0.2, 0.25) is 0 Å². The Morgan fingerprint density at radius 3 is 1.64 bits per heavy atom. The molecule has 230 valence electrons. The fourth-order valence-corrected chi connectivity index (χ4v) is 9.91. The van der Waals surface area contributed by atoms with E-state index in [9.17, 15) is 0 Å². The third kappa shape index (κ3) is 3.10. The average Bonchev–Trinajstić information content (AvgIpc) is 3.78. The third-order valence-corrected chi connectivity index (χ3v) is 11.7. The highest BCUT2D eigenvalue weighted by atomic mass is 15.1. The molecule has 1 nitrogen and oxygen atoms in total. The predicted molar refractivity (Wildman–Crippen MR) is 209 cm³/mol. The van der Waals surface area contributed by atoms with E-state index >= 15 is 0 Å². The second-order valence-electron chi connectivity index (χ2n) is 14.0. The third-order valence-electron chi connectivity index (χ3n) is 11.7. The van der Waals surface area contributed by atoms with Crippen LogP contribution in [0.15, 0.2) is 176 Å². The summed E-state index contributed by atoms with van der Waals surface area (Å²) in [6, 6.07) is 65.9. The van der Waals surface area contributed by atoms with Crippen molar-refractivity contribution in [3.05, 3.63) is 198 Å². The van der Waals surface area contributed by atoms with Gasteiger partial charge in [-0.3, -0.25) is 0 Å². The Bertz CT molecular complexity index is 2910. The zero-order chi connectivity index (χ0) is 32.6. The molecule has 0 saturated heterocycles. The quantitative estimate of drug-likeness (QED) is 0.175. The summed E-state index contributed by atoms with van der Waals surface area (Å²) >= 11 is 0. The van der Waals surface area contributed by atoms with E-state index in [1.54, 1.807) is 0 Å². The van der Waals surface area contributed by atoms with E-state index < -0.39 is 0 Å². The van der Waals surface area contributed by atoms with Gasteiger partial charge < -0.3 is 4.90 Å². The lowest BCUT2D eigenvalue weighted by molar-refractivity contribution is 0.818. The lowest BCUT2D eigenvalue weighted by Crippen LogP contribution is -2.23. The highest BCUT2D eigenvalue weighted by molar-refractivity contribution is 6.16. The fourth-order valence-electron chi connectivity index (χ4n) is 9.91. The van der Waals surface area contributed by atoms with Crippen molar-refractivity contribution in [2.24, 2.45) is 0 Å². The van der Waals surface area contributed by atoms with E-state index in [1.807, 2.05) is 0 Å². The molecule has 9 aromatic carbocycles. The highest BCUT2D eigenvalue weighted by Crippen LogP contribution is 2.70. The van der Waals surface area contributed by atoms with E-state index in [1.165, 1.54) is 105 Å². The Labute approximate surface area is 290 Å². The van der Waals surface area contributed by atoms with Gasteiger partial charge in [-0.05, 0) is 101 Å². The van der Waals surface area contributed by atoms with Gasteiger partial charge in [0.2, 0.25) is 0 Å². The molecule has 1 atom stereocenters. The maximum absolute atomic E-state index is 2.53. The lowest BCUT2D eigenvalue weighted by Gasteiger charge is -2.31. The van der Waals surface area contributed by atoms with Gasteiger partial charge in [0.25, 0.3) is 0 Å². The number of anilines is 3. The molecule has 9 aromatic rings. The van der Waals surface area contributed by atoms with Crippen LogP contribution in [0.25, 0.3) is 65.7 Å². The molecule has 0 fully saturated rings. The van der Waals surface area contributed by atoms with Crippen LogP contribution in [0.1, 0.15) is 22.3 Å². The summed E-state index contributed by atoms with van der Waals surface area (Å²) in [6.07, 6.45) is 0. The summed E-state index contributed by atoms with van der Waals surface area (Å²) in [7, 11) is 0. The number of fused-ring (bicyclic) bond motifs is 9. The fraction of sp³-hybridized carbons (Fsp3) is 0.0204. The first kappa shape index (κ1) is 26.5. The van der Waals surface area contributed by atoms with Crippen LogP contribution in [0.3, 0.4) is 0 Å². The first-order valence-corrected chi connectivity index (χ1v) is 17.5. The van der Waals surface area contributed by atoms with Crippen LogP contribution in [0.4, 0.5) is 17.1 Å². The number of rotatable bonds is 3. The predicted octanol–water partition coefficient (Wildman–Crippen LogP) is 12.9. The molecular weight excluding hydrogens is 603 g/mol. The van der Waals surface area contributed by atoms with Crippen molar-refractivity contribution >= 4 is 49.4 Å². The molecule has 0 amide bonds. The first-order chi connectivity index (χ1) is 24.8. The van der Waals surface area contributed by atoms with Gasteiger partial charge in [-0.25, -0.2) is 0 Å². The van der Waals surface area contributed by atoms with Gasteiger partial charge in [-0.2, -0.15) is 0 Å². The molecule has 0 heterocycles. The summed E-state index contributed by atoms with van der Waals surface area (Å²) in [4.78, 5) is 2.53. The van der Waals surface area contributed by atoms with E-state index in [-0.39, 0.29) is 5.41 Å². The standard InChI is InChI=1S/C49H29N/c1-4-16-34-30(12-1)14-9-25-45(34)50(46-28-31-13-2-3-15-33(31)35-17-5-6-19-38(35)46)32-26-27-37-40-21-11-23-42-41-22-10-20-39-36-18-7-8-24-43(36)49(47(39)41,48(40)42)44(37)29-32/h1-29H. The monoisotopic (exact) mass is 631 g/mol. The van der Waals surface area contributed by atoms with Crippen molar-refractivity contribution in [1.82, 2.24) is 0 Å². The number of hydrogen-bond donors (Lipinski definition) is 0. The van der Waals surface area contributed by atoms with Crippen LogP contribution >= 0.6 is 0 Å². The summed E-state index contributed by atoms with van der Waals surface area (Å²) in [6.45, 7) is 0. The average molecular weight is 632 g/mol. The largest absolute Gasteiger partial charge is 0.309 e. The molecule has 12 rings (SSSR count). The number of hydrogen-bond acceptors (Lipinski definition) is 1. The topological polar surface area (TPSA) is 3.24 Å². The summed E-state index contributed by atoms with van der Waals surface area (Å²) in [5.41, 5.74) is 17.0. The van der Waals surface area contributed by atoms with E-state index in [2.05, 4.69) is 181 Å². The second kappa shape index (κ2) is 9.37. The van der Waals surface area contributed by atoms with Crippen molar-refractivity contribution in [1.29, 1.82) is 0 Å². The number of nitrogens with zero attached hydrogens (tertiary/aromatic N) is 1. The van der Waals surface area contributed by atoms with Crippen molar-refractivity contribution in [2.45, 2.75) is 5.41 Å². The molecule has 0 bridgehead atoms. The summed E-state index contributed by atoms with van der Waals surface area (Å²) in [5, 5.41) is 7.48. The molecule has 50 heavy (non-hydrogen) atoms. The van der Waals surface area contributed by atoms with E-state index in [0.29, 0.717) is 0 Å². The van der Waals surface area contributed by atoms with Crippen LogP contribution < -0.4 is 4.90 Å². The molecule has 1 heteroatoms. The molecule has 3 aliphatic carbocycles. The molecule has 3 aliphatic rings.